The second-order valence-electron chi connectivity index (χ2n) is 5.93. The van der Waals surface area contributed by atoms with E-state index >= 15 is 0 Å². The van der Waals surface area contributed by atoms with Crippen LogP contribution in [0, 0.1) is 5.41 Å². The van der Waals surface area contributed by atoms with Gasteiger partial charge in [0.1, 0.15) is 12.6 Å². The van der Waals surface area contributed by atoms with Crippen LogP contribution in [-0.2, 0) is 32.4 Å². The summed E-state index contributed by atoms with van der Waals surface area (Å²) in [5.41, 5.74) is 1.45. The number of carbonyl (C=O) groups is 2. The first-order valence-electron chi connectivity index (χ1n) is 8.10. The first-order chi connectivity index (χ1) is 12.8. The molecule has 1 unspecified atom stereocenters. The largest absolute Gasteiger partial charge is 0.445 e. The van der Waals surface area contributed by atoms with Crippen molar-refractivity contribution in [1.29, 1.82) is 5.41 Å². The van der Waals surface area contributed by atoms with E-state index in [9.17, 15) is 18.0 Å². The summed E-state index contributed by atoms with van der Waals surface area (Å²) < 4.78 is 28.1. The SMILES string of the molecule is CS(=O)(=O)c1ccc(CC(NC(=O)OCc2ccccc2)C(=O)C=N)cc1. The van der Waals surface area contributed by atoms with Gasteiger partial charge in [-0.1, -0.05) is 42.5 Å². The normalized spacial score (nSPS) is 12.0. The van der Waals surface area contributed by atoms with Crippen LogP contribution >= 0.6 is 0 Å². The van der Waals surface area contributed by atoms with Crippen LogP contribution < -0.4 is 5.32 Å². The number of ether oxygens (including phenoxy) is 1. The molecule has 142 valence electrons. The molecule has 0 saturated heterocycles. The summed E-state index contributed by atoms with van der Waals surface area (Å²) in [6.07, 6.45) is 1.08. The van der Waals surface area contributed by atoms with Gasteiger partial charge in [0.05, 0.1) is 11.1 Å². The molecule has 0 bridgehead atoms. The number of amides is 1. The summed E-state index contributed by atoms with van der Waals surface area (Å²) in [7, 11) is -3.31. The highest BCUT2D eigenvalue weighted by Crippen LogP contribution is 2.12. The fourth-order valence-electron chi connectivity index (χ4n) is 2.34. The number of sulfone groups is 1. The lowest BCUT2D eigenvalue weighted by atomic mass is 10.0. The molecule has 27 heavy (non-hydrogen) atoms. The van der Waals surface area contributed by atoms with Crippen molar-refractivity contribution >= 4 is 27.9 Å². The Hall–Kier alpha value is -3.00. The van der Waals surface area contributed by atoms with E-state index in [0.29, 0.717) is 11.8 Å². The van der Waals surface area contributed by atoms with Crippen molar-refractivity contribution in [3.63, 3.8) is 0 Å². The molecule has 0 aliphatic rings. The zero-order valence-corrected chi connectivity index (χ0v) is 15.5. The Kier molecular flexibility index (Phi) is 6.84. The zero-order chi connectivity index (χ0) is 19.9. The maximum atomic E-state index is 12.0. The number of rotatable bonds is 8. The summed E-state index contributed by atoms with van der Waals surface area (Å²) in [6, 6.07) is 14.1. The molecule has 0 heterocycles. The predicted molar refractivity (Wildman–Crippen MR) is 101 cm³/mol. The Morgan fingerprint density at radius 3 is 2.26 bits per heavy atom. The molecule has 0 saturated carbocycles. The quantitative estimate of drug-likeness (QED) is 0.673. The Labute approximate surface area is 157 Å². The number of hydrogen-bond acceptors (Lipinski definition) is 6. The predicted octanol–water partition coefficient (Wildman–Crippen LogP) is 2.15. The Morgan fingerprint density at radius 1 is 1.07 bits per heavy atom. The van der Waals surface area contributed by atoms with Crippen LogP contribution in [0.4, 0.5) is 4.79 Å². The summed E-state index contributed by atoms with van der Waals surface area (Å²) in [4.78, 5) is 24.1. The van der Waals surface area contributed by atoms with Gasteiger partial charge in [0, 0.05) is 12.7 Å². The number of Topliss-reactive ketones (excluding diaryl/α,β-unsaturated/α-hetero) is 1. The van der Waals surface area contributed by atoms with E-state index in [0.717, 1.165) is 11.8 Å². The zero-order valence-electron chi connectivity index (χ0n) is 14.7. The lowest BCUT2D eigenvalue weighted by Crippen LogP contribution is -2.43. The summed E-state index contributed by atoms with van der Waals surface area (Å²) in [5.74, 6) is -0.584. The third-order valence-corrected chi connectivity index (χ3v) is 4.91. The van der Waals surface area contributed by atoms with E-state index in [2.05, 4.69) is 5.32 Å². The molecule has 0 aromatic heterocycles. The average Bonchev–Trinajstić information content (AvgIpc) is 2.65. The first-order valence-corrected chi connectivity index (χ1v) is 9.99. The Balaban J connectivity index is 2.01. The van der Waals surface area contributed by atoms with Gasteiger partial charge in [-0.05, 0) is 23.3 Å². The highest BCUT2D eigenvalue weighted by Gasteiger charge is 2.20. The fraction of sp³-hybridized carbons (Fsp3) is 0.211. The number of benzene rings is 2. The van der Waals surface area contributed by atoms with Crippen LogP contribution in [0.2, 0.25) is 0 Å². The van der Waals surface area contributed by atoms with E-state index < -0.39 is 27.8 Å². The second-order valence-corrected chi connectivity index (χ2v) is 7.94. The minimum Gasteiger partial charge on any atom is -0.445 e. The molecule has 0 aliphatic carbocycles. The number of alkyl carbamates (subject to hydrolysis) is 1. The summed E-state index contributed by atoms with van der Waals surface area (Å²) in [5, 5.41) is 9.61. The van der Waals surface area contributed by atoms with Gasteiger partial charge in [0.25, 0.3) is 0 Å². The molecule has 0 aliphatic heterocycles. The van der Waals surface area contributed by atoms with Gasteiger partial charge in [0.15, 0.2) is 15.6 Å². The second kappa shape index (κ2) is 9.09. The van der Waals surface area contributed by atoms with Crippen molar-refractivity contribution in [3.05, 3.63) is 65.7 Å². The van der Waals surface area contributed by atoms with Gasteiger partial charge in [-0.2, -0.15) is 0 Å². The van der Waals surface area contributed by atoms with Crippen LogP contribution in [0.15, 0.2) is 59.5 Å². The lowest BCUT2D eigenvalue weighted by Gasteiger charge is -2.16. The van der Waals surface area contributed by atoms with Crippen molar-refractivity contribution in [1.82, 2.24) is 5.32 Å². The highest BCUT2D eigenvalue weighted by atomic mass is 32.2. The molecule has 1 atom stereocenters. The van der Waals surface area contributed by atoms with E-state index in [1.165, 1.54) is 12.1 Å². The van der Waals surface area contributed by atoms with Gasteiger partial charge in [-0.3, -0.25) is 4.79 Å². The van der Waals surface area contributed by atoms with Gasteiger partial charge in [-0.25, -0.2) is 13.2 Å². The highest BCUT2D eigenvalue weighted by molar-refractivity contribution is 7.90. The molecule has 7 nitrogen and oxygen atoms in total. The third-order valence-electron chi connectivity index (χ3n) is 3.78. The van der Waals surface area contributed by atoms with Crippen LogP contribution in [0.5, 0.6) is 0 Å². The Bertz CT molecular complexity index is 909. The Morgan fingerprint density at radius 2 is 1.70 bits per heavy atom. The fourth-order valence-corrected chi connectivity index (χ4v) is 2.97. The van der Waals surface area contributed by atoms with Crippen LogP contribution in [0.3, 0.4) is 0 Å². The van der Waals surface area contributed by atoms with E-state index in [1.807, 2.05) is 18.2 Å². The monoisotopic (exact) mass is 388 g/mol. The molecule has 2 aromatic carbocycles. The molecule has 0 spiro atoms. The van der Waals surface area contributed by atoms with Crippen molar-refractivity contribution < 1.29 is 22.7 Å². The molecule has 1 amide bonds. The lowest BCUT2D eigenvalue weighted by molar-refractivity contribution is -0.114. The first kappa shape index (κ1) is 20.3. The minimum atomic E-state index is -3.31. The minimum absolute atomic E-state index is 0.0568. The van der Waals surface area contributed by atoms with Gasteiger partial charge in [0.2, 0.25) is 0 Å². The van der Waals surface area contributed by atoms with E-state index in [1.54, 1.807) is 24.3 Å². The van der Waals surface area contributed by atoms with Gasteiger partial charge in [-0.15, -0.1) is 0 Å². The van der Waals surface area contributed by atoms with Gasteiger partial charge >= 0.3 is 6.09 Å². The molecular weight excluding hydrogens is 368 g/mol. The van der Waals surface area contributed by atoms with Crippen molar-refractivity contribution in [2.45, 2.75) is 24.0 Å². The molecule has 2 aromatic rings. The summed E-state index contributed by atoms with van der Waals surface area (Å²) >= 11 is 0. The smallest absolute Gasteiger partial charge is 0.408 e. The molecule has 2 N–H and O–H groups in total. The topological polar surface area (TPSA) is 113 Å². The van der Waals surface area contributed by atoms with Gasteiger partial charge < -0.3 is 15.5 Å². The molecule has 2 rings (SSSR count). The molecule has 0 radical (unpaired) electrons. The maximum Gasteiger partial charge on any atom is 0.408 e. The molecule has 0 fully saturated rings. The van der Waals surface area contributed by atoms with Crippen molar-refractivity contribution in [2.75, 3.05) is 6.26 Å². The van der Waals surface area contributed by atoms with Crippen LogP contribution in [-0.4, -0.2) is 38.8 Å². The third kappa shape index (κ3) is 6.34. The number of hydrogen-bond donors (Lipinski definition) is 2. The maximum absolute atomic E-state index is 12.0. The molecular formula is C19H20N2O5S. The van der Waals surface area contributed by atoms with Crippen molar-refractivity contribution in [3.8, 4) is 0 Å². The molecule has 8 heteroatoms. The average molecular weight is 388 g/mol. The van der Waals surface area contributed by atoms with E-state index in [-0.39, 0.29) is 17.9 Å². The van der Waals surface area contributed by atoms with Crippen LogP contribution in [0.25, 0.3) is 0 Å². The van der Waals surface area contributed by atoms with E-state index in [4.69, 9.17) is 10.1 Å². The number of ketones is 1. The van der Waals surface area contributed by atoms with Crippen LogP contribution in [0.1, 0.15) is 11.1 Å². The summed E-state index contributed by atoms with van der Waals surface area (Å²) in [6.45, 7) is 0.0568. The van der Waals surface area contributed by atoms with Crippen molar-refractivity contribution in [2.24, 2.45) is 0 Å². The standard InChI is InChI=1S/C19H20N2O5S/c1-27(24,25)16-9-7-14(8-10-16)11-17(18(22)12-20)21-19(23)26-13-15-5-3-2-4-6-15/h2-10,12,17,20H,11,13H2,1H3,(H,21,23). The number of carbonyl (C=O) groups excluding carboxylic acids is 2. The number of nitrogens with one attached hydrogen (secondary N) is 2.